The fourth-order valence-corrected chi connectivity index (χ4v) is 10.2. The number of allylic oxidation sites excluding steroid dienone is 4. The Kier molecular flexibility index (Phi) is 10.5. The highest BCUT2D eigenvalue weighted by molar-refractivity contribution is 6.00. The number of hydrogen-bond acceptors (Lipinski definition) is 3. The Hall–Kier alpha value is -9.19. The highest BCUT2D eigenvalue weighted by Crippen LogP contribution is 2.44. The number of fused-ring (bicyclic) bond motifs is 5. The Bertz CT molecular complexity index is 3920. The van der Waals surface area contributed by atoms with Crippen LogP contribution in [-0.2, 0) is 0 Å². The lowest BCUT2D eigenvalue weighted by Gasteiger charge is -2.20. The van der Waals surface area contributed by atoms with Crippen molar-refractivity contribution in [2.45, 2.75) is 13.3 Å². The summed E-state index contributed by atoms with van der Waals surface area (Å²) in [5.74, 6) is 2.10. The van der Waals surface area contributed by atoms with E-state index in [1.54, 1.807) is 0 Å². The molecule has 1 atom stereocenters. The molecular formula is C66H47N5. The van der Waals surface area contributed by atoms with Crippen molar-refractivity contribution >= 4 is 33.4 Å². The van der Waals surface area contributed by atoms with Crippen molar-refractivity contribution < 1.29 is 0 Å². The van der Waals surface area contributed by atoms with Crippen LogP contribution < -0.4 is 0 Å². The van der Waals surface area contributed by atoms with Crippen LogP contribution in [0.4, 0.5) is 0 Å². The first-order valence-corrected chi connectivity index (χ1v) is 24.4. The Morgan fingerprint density at radius 2 is 0.859 bits per heavy atom. The van der Waals surface area contributed by atoms with Crippen LogP contribution in [0.25, 0.3) is 117 Å². The van der Waals surface area contributed by atoms with Crippen molar-refractivity contribution in [1.82, 2.24) is 23.9 Å². The number of benzene rings is 9. The van der Waals surface area contributed by atoms with E-state index in [1.807, 2.05) is 6.07 Å². The zero-order valence-corrected chi connectivity index (χ0v) is 39.2. The van der Waals surface area contributed by atoms with Gasteiger partial charge in [0.15, 0.2) is 5.82 Å². The molecule has 3 heterocycles. The van der Waals surface area contributed by atoms with Gasteiger partial charge in [-0.2, -0.15) is 0 Å². The summed E-state index contributed by atoms with van der Waals surface area (Å²) >= 11 is 0. The van der Waals surface area contributed by atoms with E-state index in [-0.39, 0.29) is 0 Å². The second-order valence-corrected chi connectivity index (χ2v) is 18.5. The molecule has 5 heteroatoms. The van der Waals surface area contributed by atoms with E-state index in [0.717, 1.165) is 129 Å². The van der Waals surface area contributed by atoms with Gasteiger partial charge in [-0.05, 0) is 99.3 Å². The first-order chi connectivity index (χ1) is 35.1. The first-order valence-electron chi connectivity index (χ1n) is 24.4. The van der Waals surface area contributed by atoms with Crippen molar-refractivity contribution in [2.24, 2.45) is 5.92 Å². The monoisotopic (exact) mass is 909 g/mol. The molecule has 0 N–H and O–H groups in total. The summed E-state index contributed by atoms with van der Waals surface area (Å²) in [6.45, 7) is 2.24. The lowest BCUT2D eigenvalue weighted by Crippen LogP contribution is -2.02. The van der Waals surface area contributed by atoms with Gasteiger partial charge in [-0.15, -0.1) is 0 Å². The summed E-state index contributed by atoms with van der Waals surface area (Å²) in [6.07, 6.45) is 7.66. The van der Waals surface area contributed by atoms with Crippen LogP contribution in [0, 0.1) is 5.92 Å². The van der Waals surface area contributed by atoms with Crippen LogP contribution in [0.3, 0.4) is 0 Å². The van der Waals surface area contributed by atoms with Gasteiger partial charge in [0.2, 0.25) is 5.78 Å². The summed E-state index contributed by atoms with van der Waals surface area (Å²) < 4.78 is 4.77. The van der Waals surface area contributed by atoms with Gasteiger partial charge in [-0.3, -0.25) is 8.97 Å². The van der Waals surface area contributed by atoms with Gasteiger partial charge in [0.05, 0.1) is 39.1 Å². The molecule has 71 heavy (non-hydrogen) atoms. The van der Waals surface area contributed by atoms with Crippen LogP contribution in [0.5, 0.6) is 0 Å². The summed E-state index contributed by atoms with van der Waals surface area (Å²) in [6, 6.07) is 82.5. The van der Waals surface area contributed by atoms with Crippen LogP contribution in [-0.4, -0.2) is 23.9 Å². The number of rotatable bonds is 9. The van der Waals surface area contributed by atoms with Crippen molar-refractivity contribution in [1.29, 1.82) is 0 Å². The normalized spacial score (nSPS) is 13.5. The number of aromatic nitrogens is 5. The number of nitrogens with zero attached hydrogens (tertiary/aromatic N) is 5. The molecule has 336 valence electrons. The van der Waals surface area contributed by atoms with Crippen molar-refractivity contribution in [3.63, 3.8) is 0 Å². The molecule has 0 bridgehead atoms. The van der Waals surface area contributed by atoms with E-state index in [1.165, 1.54) is 0 Å². The summed E-state index contributed by atoms with van der Waals surface area (Å²) in [5.41, 5.74) is 21.5. The SMILES string of the molecule is CC1C=CC(c2nc(-c3ccccc3)cc(-c3ccc(-c4ccc5c(c4)n4c6cc(-c7ccccc7)ccc6nc4n5-c4c(-c5ccccc5)cc(-c5ccccc5)cc4-c4ccccc4)cc3)n2)=CC1. The van der Waals surface area contributed by atoms with Gasteiger partial charge in [0.1, 0.15) is 0 Å². The summed E-state index contributed by atoms with van der Waals surface area (Å²) in [7, 11) is 0. The second-order valence-electron chi connectivity index (χ2n) is 18.5. The third-order valence-electron chi connectivity index (χ3n) is 13.9. The number of imidazole rings is 2. The third-order valence-corrected chi connectivity index (χ3v) is 13.9. The Morgan fingerprint density at radius 3 is 1.42 bits per heavy atom. The van der Waals surface area contributed by atoms with Crippen LogP contribution in [0.15, 0.2) is 249 Å². The molecule has 1 unspecified atom stereocenters. The van der Waals surface area contributed by atoms with Gasteiger partial charge < -0.3 is 0 Å². The van der Waals surface area contributed by atoms with E-state index in [2.05, 4.69) is 259 Å². The van der Waals surface area contributed by atoms with E-state index in [9.17, 15) is 0 Å². The fraction of sp³-hybridized carbons (Fsp3) is 0.0455. The maximum atomic E-state index is 5.54. The predicted octanol–water partition coefficient (Wildman–Crippen LogP) is 16.9. The molecular weight excluding hydrogens is 863 g/mol. The Morgan fingerprint density at radius 1 is 0.394 bits per heavy atom. The average molecular weight is 910 g/mol. The van der Waals surface area contributed by atoms with E-state index < -0.39 is 0 Å². The molecule has 13 rings (SSSR count). The molecule has 12 aromatic rings. The van der Waals surface area contributed by atoms with Crippen molar-refractivity contribution in [3.05, 3.63) is 255 Å². The lowest BCUT2D eigenvalue weighted by atomic mass is 9.90. The van der Waals surface area contributed by atoms with Gasteiger partial charge in [-0.1, -0.05) is 213 Å². The van der Waals surface area contributed by atoms with Gasteiger partial charge in [-0.25, -0.2) is 15.0 Å². The molecule has 0 aliphatic heterocycles. The molecule has 1 aliphatic carbocycles. The molecule has 0 saturated heterocycles. The van der Waals surface area contributed by atoms with Crippen molar-refractivity contribution in [3.8, 4) is 83.8 Å². The highest BCUT2D eigenvalue weighted by Gasteiger charge is 2.25. The minimum Gasteiger partial charge on any atom is -0.277 e. The minimum absolute atomic E-state index is 0.501. The molecule has 5 nitrogen and oxygen atoms in total. The molecule has 3 aromatic heterocycles. The molecule has 0 radical (unpaired) electrons. The van der Waals surface area contributed by atoms with Crippen LogP contribution in [0.1, 0.15) is 19.2 Å². The quantitative estimate of drug-likeness (QED) is 0.145. The van der Waals surface area contributed by atoms with Gasteiger partial charge in [0.25, 0.3) is 0 Å². The summed E-state index contributed by atoms with van der Waals surface area (Å²) in [4.78, 5) is 15.8. The largest absolute Gasteiger partial charge is 0.277 e. The van der Waals surface area contributed by atoms with E-state index in [0.29, 0.717) is 5.92 Å². The van der Waals surface area contributed by atoms with Crippen molar-refractivity contribution in [2.75, 3.05) is 0 Å². The topological polar surface area (TPSA) is 48.0 Å². The van der Waals surface area contributed by atoms with Gasteiger partial charge >= 0.3 is 0 Å². The molecule has 0 amide bonds. The second kappa shape index (κ2) is 17.7. The molecule has 0 saturated carbocycles. The number of hydrogen-bond donors (Lipinski definition) is 0. The first kappa shape index (κ1) is 42.0. The molecule has 0 spiro atoms. The Balaban J connectivity index is 1.02. The minimum atomic E-state index is 0.501. The van der Waals surface area contributed by atoms with Crippen LogP contribution >= 0.6 is 0 Å². The maximum Gasteiger partial charge on any atom is 0.220 e. The highest BCUT2D eigenvalue weighted by atomic mass is 15.2. The van der Waals surface area contributed by atoms with E-state index in [4.69, 9.17) is 15.0 Å². The maximum absolute atomic E-state index is 5.54. The van der Waals surface area contributed by atoms with E-state index >= 15 is 0 Å². The third kappa shape index (κ3) is 7.74. The summed E-state index contributed by atoms with van der Waals surface area (Å²) in [5, 5.41) is 0. The molecule has 9 aromatic carbocycles. The average Bonchev–Trinajstić information content (AvgIpc) is 3.98. The van der Waals surface area contributed by atoms with Gasteiger partial charge in [0, 0.05) is 27.8 Å². The molecule has 1 aliphatic rings. The zero-order valence-electron chi connectivity index (χ0n) is 39.2. The fourth-order valence-electron chi connectivity index (χ4n) is 10.2. The Labute approximate surface area is 413 Å². The standard InChI is InChI=1S/C66H47N5/c1-44-27-29-52(30-28-44)65-67-59(50-25-15-6-16-26-50)43-60(68-65)51-33-31-47(32-34-51)54-36-38-61-63(42-54)70-62-41-53(45-17-7-2-8-18-45)35-37-58(62)69-66(70)71(61)64-56(48-21-11-4-12-22-48)39-55(46-19-9-3-10-20-46)40-57(64)49-23-13-5-14-24-49/h2-27,29-44H,28H2,1H3. The molecule has 0 fully saturated rings. The smallest absolute Gasteiger partial charge is 0.220 e. The zero-order chi connectivity index (χ0) is 47.3. The lowest BCUT2D eigenvalue weighted by molar-refractivity contribution is 0.738. The van der Waals surface area contributed by atoms with Crippen LogP contribution in [0.2, 0.25) is 0 Å². The predicted molar refractivity (Wildman–Crippen MR) is 294 cm³/mol.